The smallest absolute Gasteiger partial charge is 0.387 e. The molecule has 0 amide bonds. The molecule has 2 aromatic heterocycles. The van der Waals surface area contributed by atoms with Crippen molar-refractivity contribution in [2.75, 3.05) is 36.7 Å². The van der Waals surface area contributed by atoms with E-state index in [0.29, 0.717) is 18.0 Å². The quantitative estimate of drug-likeness (QED) is 0.132. The minimum Gasteiger partial charge on any atom is -0.387 e. The zero-order valence-electron chi connectivity index (χ0n) is 19.1. The van der Waals surface area contributed by atoms with Crippen LogP contribution in [0.4, 0.5) is 11.6 Å². The van der Waals surface area contributed by atoms with E-state index in [1.807, 2.05) is 24.1 Å². The van der Waals surface area contributed by atoms with E-state index >= 15 is 0 Å². The second kappa shape index (κ2) is 11.2. The first-order chi connectivity index (χ1) is 17.2. The molecule has 4 rings (SSSR count). The van der Waals surface area contributed by atoms with Crippen molar-refractivity contribution < 1.29 is 29.2 Å². The van der Waals surface area contributed by atoms with Gasteiger partial charge in [-0.2, -0.15) is 4.98 Å². The predicted octanol–water partition coefficient (Wildman–Crippen LogP) is 0.0795. The Balaban J connectivity index is 1.42. The number of ether oxygens (including phenoxy) is 1. The number of nitrogen functional groups attached to an aromatic ring is 1. The van der Waals surface area contributed by atoms with Crippen molar-refractivity contribution in [3.8, 4) is 0 Å². The molecular formula is C20H26ClN7O7P+. The molecule has 0 saturated carbocycles. The summed E-state index contributed by atoms with van der Waals surface area (Å²) in [7, 11) is -0.976. The number of nitrogens with zero attached hydrogens (tertiary/aromatic N) is 5. The Kier molecular flexibility index (Phi) is 8.17. The van der Waals surface area contributed by atoms with Crippen LogP contribution in [0.5, 0.6) is 0 Å². The number of aromatic nitrogens is 4. The van der Waals surface area contributed by atoms with Crippen LogP contribution in [0.3, 0.4) is 0 Å². The van der Waals surface area contributed by atoms with Gasteiger partial charge in [0, 0.05) is 25.2 Å². The number of hydroxylamine groups is 1. The number of benzene rings is 1. The van der Waals surface area contributed by atoms with Gasteiger partial charge in [0.1, 0.15) is 24.9 Å². The van der Waals surface area contributed by atoms with Gasteiger partial charge >= 0.3 is 8.18 Å². The second-order valence-corrected chi connectivity index (χ2v) is 9.49. The zero-order valence-corrected chi connectivity index (χ0v) is 20.8. The average Bonchev–Trinajstić information content (AvgIpc) is 3.38. The molecule has 3 heterocycles. The number of hydrogen-bond donors (Lipinski definition) is 5. The van der Waals surface area contributed by atoms with Crippen LogP contribution in [0.15, 0.2) is 35.4 Å². The summed E-state index contributed by atoms with van der Waals surface area (Å²) in [5.74, 6) is 0.332. The van der Waals surface area contributed by atoms with Crippen molar-refractivity contribution in [1.82, 2.24) is 24.4 Å². The van der Waals surface area contributed by atoms with E-state index in [1.165, 1.54) is 10.9 Å². The largest absolute Gasteiger partial charge is 0.639 e. The van der Waals surface area contributed by atoms with Crippen molar-refractivity contribution in [2.24, 2.45) is 0 Å². The summed E-state index contributed by atoms with van der Waals surface area (Å²) in [6, 6.07) is 7.30. The highest BCUT2D eigenvalue weighted by molar-refractivity contribution is 7.34. The Bertz CT molecular complexity index is 1270. The highest BCUT2D eigenvalue weighted by Crippen LogP contribution is 2.33. The lowest BCUT2D eigenvalue weighted by Gasteiger charge is -2.18. The molecule has 0 aliphatic carbocycles. The average molecular weight is 543 g/mol. The fraction of sp³-hybridized carbons (Fsp3) is 0.450. The third kappa shape index (κ3) is 5.51. The molecule has 6 N–H and O–H groups in total. The van der Waals surface area contributed by atoms with Crippen LogP contribution in [0.1, 0.15) is 11.8 Å². The Labute approximate surface area is 210 Å². The number of alkyl halides is 1. The summed E-state index contributed by atoms with van der Waals surface area (Å²) in [6.07, 6.45) is -3.80. The number of imidazole rings is 1. The molecule has 5 atom stereocenters. The molecule has 1 saturated heterocycles. The summed E-state index contributed by atoms with van der Waals surface area (Å²) in [6.45, 7) is 0.317. The van der Waals surface area contributed by atoms with Crippen molar-refractivity contribution in [3.63, 3.8) is 0 Å². The SMILES string of the molecule is CN(CCCl)c1ccc(CN(OC[C@H]2O[C@@H](n3cnc4c(=O)[nH]c(N)nc43)C(O)C2O)[P+](=O)O)cc1. The zero-order chi connectivity index (χ0) is 26.0. The number of nitrogens with two attached hydrogens (primary N) is 1. The van der Waals surface area contributed by atoms with Crippen LogP contribution >= 0.6 is 19.8 Å². The molecule has 36 heavy (non-hydrogen) atoms. The molecule has 0 bridgehead atoms. The lowest BCUT2D eigenvalue weighted by molar-refractivity contribution is -0.149. The molecule has 14 nitrogen and oxygen atoms in total. The normalized spacial score (nSPS) is 22.4. The van der Waals surface area contributed by atoms with Crippen LogP contribution in [-0.4, -0.2) is 83.9 Å². The molecule has 0 spiro atoms. The highest BCUT2D eigenvalue weighted by atomic mass is 35.5. The minimum absolute atomic E-state index is 0.0157. The second-order valence-electron chi connectivity index (χ2n) is 8.16. The number of anilines is 2. The highest BCUT2D eigenvalue weighted by Gasteiger charge is 2.45. The summed E-state index contributed by atoms with van der Waals surface area (Å²) >= 11 is 5.77. The maximum Gasteiger partial charge on any atom is 0.639 e. The maximum atomic E-state index is 12.0. The predicted molar refractivity (Wildman–Crippen MR) is 130 cm³/mol. The molecular weight excluding hydrogens is 517 g/mol. The number of hydrogen-bond acceptors (Lipinski definition) is 10. The van der Waals surface area contributed by atoms with E-state index in [0.717, 1.165) is 10.5 Å². The van der Waals surface area contributed by atoms with E-state index in [4.69, 9.17) is 26.9 Å². The van der Waals surface area contributed by atoms with Crippen LogP contribution in [0.2, 0.25) is 0 Å². The van der Waals surface area contributed by atoms with Gasteiger partial charge in [0.2, 0.25) is 5.95 Å². The van der Waals surface area contributed by atoms with Gasteiger partial charge in [-0.05, 0) is 22.3 Å². The molecule has 3 unspecified atom stereocenters. The number of H-pyrrole nitrogens is 1. The van der Waals surface area contributed by atoms with Gasteiger partial charge in [-0.25, -0.2) is 4.98 Å². The molecule has 194 valence electrons. The standard InChI is InChI=1S/C20H25ClN7O7P/c1-26(7-6-21)12-4-2-11(3-5-12)8-28(36(32)33)34-9-13-15(29)16(30)19(35-13)27-10-23-14-17(27)24-20(22)25-18(14)31/h2-5,10,13,15-16,19,29-30H,6-9H2,1H3,(H3-,22,24,25,31,32,33)/p+1/t13-,15?,16?,19-/m1/s1. The van der Waals surface area contributed by atoms with Gasteiger partial charge in [0.15, 0.2) is 17.4 Å². The number of nitrogens with one attached hydrogen (secondary N) is 1. The number of aliphatic hydroxyl groups is 2. The van der Waals surface area contributed by atoms with Crippen LogP contribution in [0.25, 0.3) is 11.2 Å². The first-order valence-corrected chi connectivity index (χ1v) is 12.6. The van der Waals surface area contributed by atoms with Crippen LogP contribution in [0, 0.1) is 0 Å². The third-order valence-electron chi connectivity index (χ3n) is 5.76. The number of rotatable bonds is 10. The Morgan fingerprint density at radius 1 is 1.31 bits per heavy atom. The molecule has 3 aromatic rings. The molecule has 1 aromatic carbocycles. The van der Waals surface area contributed by atoms with E-state index in [1.54, 1.807) is 12.1 Å². The molecule has 1 aliphatic heterocycles. The fourth-order valence-electron chi connectivity index (χ4n) is 3.81. The summed E-state index contributed by atoms with van der Waals surface area (Å²) < 4.78 is 18.9. The van der Waals surface area contributed by atoms with Gasteiger partial charge in [-0.3, -0.25) is 19.2 Å². The first-order valence-electron chi connectivity index (χ1n) is 10.9. The van der Waals surface area contributed by atoms with Crippen molar-refractivity contribution in [2.45, 2.75) is 31.1 Å². The topological polar surface area (TPSA) is 192 Å². The van der Waals surface area contributed by atoms with Gasteiger partial charge < -0.3 is 25.6 Å². The Hall–Kier alpha value is -2.68. The molecule has 1 aliphatic rings. The lowest BCUT2D eigenvalue weighted by Crippen LogP contribution is -2.35. The fourth-order valence-corrected chi connectivity index (χ4v) is 4.51. The summed E-state index contributed by atoms with van der Waals surface area (Å²) in [5, 5.41) is 21.1. The number of aliphatic hydroxyl groups excluding tert-OH is 2. The summed E-state index contributed by atoms with van der Waals surface area (Å²) in [4.78, 5) is 40.4. The number of halogens is 1. The number of fused-ring (bicyclic) bond motifs is 1. The van der Waals surface area contributed by atoms with Gasteiger partial charge in [0.25, 0.3) is 5.56 Å². The van der Waals surface area contributed by atoms with E-state index in [9.17, 15) is 24.5 Å². The monoisotopic (exact) mass is 542 g/mol. The number of aromatic amines is 1. The Morgan fingerprint density at radius 3 is 2.69 bits per heavy atom. The first kappa shape index (κ1) is 26.4. The van der Waals surface area contributed by atoms with Gasteiger partial charge in [-0.1, -0.05) is 12.1 Å². The van der Waals surface area contributed by atoms with Crippen LogP contribution < -0.4 is 16.2 Å². The summed E-state index contributed by atoms with van der Waals surface area (Å²) in [5.41, 5.74) is 6.73. The third-order valence-corrected chi connectivity index (χ3v) is 6.56. The lowest BCUT2D eigenvalue weighted by atomic mass is 10.1. The molecule has 1 fully saturated rings. The van der Waals surface area contributed by atoms with Crippen molar-refractivity contribution >= 4 is 42.6 Å². The maximum absolute atomic E-state index is 12.0. The van der Waals surface area contributed by atoms with E-state index in [2.05, 4.69) is 15.0 Å². The minimum atomic E-state index is -2.88. The molecule has 0 radical (unpaired) electrons. The van der Waals surface area contributed by atoms with Crippen molar-refractivity contribution in [3.05, 3.63) is 46.5 Å². The van der Waals surface area contributed by atoms with Gasteiger partial charge in [0.05, 0.1) is 17.7 Å². The van der Waals surface area contributed by atoms with Crippen LogP contribution in [-0.2, 0) is 20.7 Å². The molecule has 16 heteroatoms. The van der Waals surface area contributed by atoms with E-state index in [-0.39, 0.29) is 30.3 Å². The van der Waals surface area contributed by atoms with Crippen molar-refractivity contribution in [1.29, 1.82) is 0 Å². The Morgan fingerprint density at radius 2 is 2.03 bits per heavy atom. The van der Waals surface area contributed by atoms with Gasteiger partial charge in [-0.15, -0.1) is 16.5 Å². The van der Waals surface area contributed by atoms with E-state index < -0.39 is 38.3 Å².